The lowest BCUT2D eigenvalue weighted by molar-refractivity contribution is -0.116. The molecule has 21 heavy (non-hydrogen) atoms. The largest absolute Gasteiger partial charge is 0.369 e. The first-order valence-corrected chi connectivity index (χ1v) is 6.86. The van der Waals surface area contributed by atoms with E-state index >= 15 is 0 Å². The van der Waals surface area contributed by atoms with E-state index in [4.69, 9.17) is 28.9 Å². The molecule has 1 aliphatic heterocycles. The van der Waals surface area contributed by atoms with E-state index in [-0.39, 0.29) is 24.1 Å². The van der Waals surface area contributed by atoms with Gasteiger partial charge in [0.15, 0.2) is 0 Å². The number of H-pyrrole nitrogens is 1. The Morgan fingerprint density at radius 3 is 2.76 bits per heavy atom. The number of carbonyl (C=O) groups excluding carboxylic acids is 1. The van der Waals surface area contributed by atoms with Crippen molar-refractivity contribution in [2.45, 2.75) is 12.3 Å². The summed E-state index contributed by atoms with van der Waals surface area (Å²) in [5.41, 5.74) is 6.09. The van der Waals surface area contributed by atoms with Crippen LogP contribution in [-0.4, -0.2) is 15.9 Å². The quantitative estimate of drug-likeness (QED) is 0.747. The number of aromatic amines is 1. The second-order valence-corrected chi connectivity index (χ2v) is 5.53. The number of fused-ring (bicyclic) bond motifs is 1. The Morgan fingerprint density at radius 2 is 2.05 bits per heavy atom. The van der Waals surface area contributed by atoms with Crippen molar-refractivity contribution < 1.29 is 4.79 Å². The van der Waals surface area contributed by atoms with Gasteiger partial charge in [0.25, 0.3) is 5.56 Å². The zero-order valence-electron chi connectivity index (χ0n) is 10.6. The van der Waals surface area contributed by atoms with Gasteiger partial charge in [-0.1, -0.05) is 29.3 Å². The molecule has 1 aromatic heterocycles. The van der Waals surface area contributed by atoms with E-state index < -0.39 is 11.5 Å². The van der Waals surface area contributed by atoms with E-state index in [1.165, 1.54) is 0 Å². The second-order valence-electron chi connectivity index (χ2n) is 4.68. The highest BCUT2D eigenvalue weighted by Crippen LogP contribution is 2.37. The molecule has 0 bridgehead atoms. The fourth-order valence-corrected chi connectivity index (χ4v) is 2.98. The Morgan fingerprint density at radius 1 is 1.29 bits per heavy atom. The minimum absolute atomic E-state index is 0.0538. The molecular formula is C13H10Cl2N4O2. The first-order chi connectivity index (χ1) is 9.95. The summed E-state index contributed by atoms with van der Waals surface area (Å²) in [6.45, 7) is 0. The van der Waals surface area contributed by atoms with E-state index in [2.05, 4.69) is 15.3 Å². The van der Waals surface area contributed by atoms with Crippen LogP contribution in [0, 0.1) is 0 Å². The maximum atomic E-state index is 12.2. The standard InChI is InChI=1S/C13H10Cl2N4O2/c14-5-1-2-6(8(15)3-5)7-4-9(20)17-11-10(7)12(21)19-13(16)18-11/h1-3,7H,4H2,(H4,16,17,18,19,20,21)/t7-/m0/s1. The molecule has 0 saturated heterocycles. The number of nitrogens with zero attached hydrogens (tertiary/aromatic N) is 1. The van der Waals surface area contributed by atoms with Crippen molar-refractivity contribution in [1.82, 2.24) is 9.97 Å². The molecule has 2 heterocycles. The van der Waals surface area contributed by atoms with Gasteiger partial charge in [0.2, 0.25) is 11.9 Å². The molecular weight excluding hydrogens is 315 g/mol. The number of nitrogens with two attached hydrogens (primary N) is 1. The average molecular weight is 325 g/mol. The predicted molar refractivity (Wildman–Crippen MR) is 80.8 cm³/mol. The number of nitrogens with one attached hydrogen (secondary N) is 2. The Kier molecular flexibility index (Phi) is 3.35. The van der Waals surface area contributed by atoms with E-state index in [0.717, 1.165) is 0 Å². The third-order valence-corrected chi connectivity index (χ3v) is 3.87. The van der Waals surface area contributed by atoms with Gasteiger partial charge in [-0.3, -0.25) is 14.6 Å². The molecule has 0 radical (unpaired) electrons. The van der Waals surface area contributed by atoms with Crippen molar-refractivity contribution in [3.05, 3.63) is 49.7 Å². The Bertz CT molecular complexity index is 803. The number of aromatic nitrogens is 2. The summed E-state index contributed by atoms with van der Waals surface area (Å²) < 4.78 is 0. The zero-order chi connectivity index (χ0) is 15.1. The number of hydrogen-bond acceptors (Lipinski definition) is 4. The lowest BCUT2D eigenvalue weighted by Gasteiger charge is -2.24. The highest BCUT2D eigenvalue weighted by molar-refractivity contribution is 6.35. The van der Waals surface area contributed by atoms with Crippen LogP contribution < -0.4 is 16.6 Å². The fraction of sp³-hybridized carbons (Fsp3) is 0.154. The molecule has 1 aromatic carbocycles. The number of halogens is 2. The number of rotatable bonds is 1. The van der Waals surface area contributed by atoms with Crippen molar-refractivity contribution in [2.75, 3.05) is 11.1 Å². The highest BCUT2D eigenvalue weighted by atomic mass is 35.5. The molecule has 0 saturated carbocycles. The second kappa shape index (κ2) is 5.05. The number of hydrogen-bond donors (Lipinski definition) is 3. The summed E-state index contributed by atoms with van der Waals surface area (Å²) in [6.07, 6.45) is 0.100. The molecule has 0 aliphatic carbocycles. The number of carbonyl (C=O) groups is 1. The molecule has 4 N–H and O–H groups in total. The number of benzene rings is 1. The van der Waals surface area contributed by atoms with Gasteiger partial charge in [0.05, 0.1) is 5.56 Å². The zero-order valence-corrected chi connectivity index (χ0v) is 12.1. The molecule has 0 spiro atoms. The highest BCUT2D eigenvalue weighted by Gasteiger charge is 2.31. The van der Waals surface area contributed by atoms with Gasteiger partial charge in [0, 0.05) is 22.4 Å². The number of anilines is 2. The van der Waals surface area contributed by atoms with Crippen LogP contribution >= 0.6 is 23.2 Å². The molecule has 0 fully saturated rings. The molecule has 108 valence electrons. The fourth-order valence-electron chi connectivity index (χ4n) is 2.44. The van der Waals surface area contributed by atoms with Crippen LogP contribution in [0.5, 0.6) is 0 Å². The van der Waals surface area contributed by atoms with Crippen molar-refractivity contribution in [2.24, 2.45) is 0 Å². The predicted octanol–water partition coefficient (Wildman–Crippen LogP) is 2.13. The lowest BCUT2D eigenvalue weighted by atomic mass is 9.87. The van der Waals surface area contributed by atoms with Gasteiger partial charge in [-0.15, -0.1) is 0 Å². The Labute approximate surface area is 129 Å². The molecule has 3 rings (SSSR count). The van der Waals surface area contributed by atoms with Crippen LogP contribution in [0.25, 0.3) is 0 Å². The average Bonchev–Trinajstić information content (AvgIpc) is 2.36. The summed E-state index contributed by atoms with van der Waals surface area (Å²) in [6, 6.07) is 4.94. The number of nitrogen functional groups attached to an aromatic ring is 1. The molecule has 1 aliphatic rings. The van der Waals surface area contributed by atoms with Gasteiger partial charge in [-0.2, -0.15) is 4.98 Å². The van der Waals surface area contributed by atoms with E-state index in [1.807, 2.05) is 0 Å². The molecule has 6 nitrogen and oxygen atoms in total. The maximum absolute atomic E-state index is 12.2. The van der Waals surface area contributed by atoms with Gasteiger partial charge in [-0.05, 0) is 17.7 Å². The van der Waals surface area contributed by atoms with Crippen LogP contribution in [0.2, 0.25) is 10.0 Å². The number of amides is 1. The minimum Gasteiger partial charge on any atom is -0.369 e. The van der Waals surface area contributed by atoms with Gasteiger partial charge in [-0.25, -0.2) is 0 Å². The van der Waals surface area contributed by atoms with E-state index in [9.17, 15) is 9.59 Å². The summed E-state index contributed by atoms with van der Waals surface area (Å²) in [7, 11) is 0. The van der Waals surface area contributed by atoms with Crippen LogP contribution in [0.3, 0.4) is 0 Å². The first kappa shape index (κ1) is 13.9. The molecule has 2 aromatic rings. The third-order valence-electron chi connectivity index (χ3n) is 3.31. The Hall–Kier alpha value is -2.05. The van der Waals surface area contributed by atoms with Crippen molar-refractivity contribution in [1.29, 1.82) is 0 Å². The summed E-state index contributed by atoms with van der Waals surface area (Å²) >= 11 is 12.1. The van der Waals surface area contributed by atoms with Crippen molar-refractivity contribution in [3.63, 3.8) is 0 Å². The first-order valence-electron chi connectivity index (χ1n) is 6.10. The molecule has 8 heteroatoms. The monoisotopic (exact) mass is 324 g/mol. The van der Waals surface area contributed by atoms with Crippen molar-refractivity contribution in [3.8, 4) is 0 Å². The maximum Gasteiger partial charge on any atom is 0.258 e. The normalized spacial score (nSPS) is 17.2. The topological polar surface area (TPSA) is 101 Å². The van der Waals surface area contributed by atoms with Crippen LogP contribution in [0.1, 0.15) is 23.5 Å². The summed E-state index contributed by atoms with van der Waals surface area (Å²) in [4.78, 5) is 30.4. The van der Waals surface area contributed by atoms with E-state index in [1.54, 1.807) is 18.2 Å². The molecule has 0 unspecified atom stereocenters. The third kappa shape index (κ3) is 2.48. The lowest BCUT2D eigenvalue weighted by Crippen LogP contribution is -2.31. The Balaban J connectivity index is 2.22. The SMILES string of the molecule is Nc1nc2c(c(=O)[nH]1)[C@H](c1ccc(Cl)cc1Cl)CC(=O)N2. The van der Waals surface area contributed by atoms with E-state index in [0.29, 0.717) is 21.2 Å². The van der Waals surface area contributed by atoms with Gasteiger partial charge < -0.3 is 11.1 Å². The molecule has 1 atom stereocenters. The van der Waals surface area contributed by atoms with Crippen LogP contribution in [0.4, 0.5) is 11.8 Å². The van der Waals surface area contributed by atoms with Gasteiger partial charge >= 0.3 is 0 Å². The van der Waals surface area contributed by atoms with Crippen LogP contribution in [-0.2, 0) is 4.79 Å². The van der Waals surface area contributed by atoms with Crippen molar-refractivity contribution >= 4 is 40.9 Å². The summed E-state index contributed by atoms with van der Waals surface area (Å²) in [5, 5.41) is 3.43. The summed E-state index contributed by atoms with van der Waals surface area (Å²) in [5.74, 6) is -0.628. The van der Waals surface area contributed by atoms with Gasteiger partial charge in [0.1, 0.15) is 5.82 Å². The van der Waals surface area contributed by atoms with Crippen LogP contribution in [0.15, 0.2) is 23.0 Å². The molecule has 1 amide bonds. The minimum atomic E-state index is -0.490. The smallest absolute Gasteiger partial charge is 0.258 e.